The Kier molecular flexibility index (Phi) is 50.3. The Morgan fingerprint density at radius 2 is 0.255 bits per heavy atom. The first kappa shape index (κ1) is 113. The first-order valence-electron chi connectivity index (χ1n) is 33.6. The molecule has 0 aliphatic rings. The summed E-state index contributed by atoms with van der Waals surface area (Å²) >= 11 is 45.3. The van der Waals surface area contributed by atoms with E-state index in [0.29, 0.717) is 105 Å². The van der Waals surface area contributed by atoms with Gasteiger partial charge in [-0.15, -0.1) is 0 Å². The first-order chi connectivity index (χ1) is 48.5. The minimum absolute atomic E-state index is 0. The molecule has 0 spiro atoms. The van der Waals surface area contributed by atoms with Crippen LogP contribution in [0, 0.1) is 0 Å². The van der Waals surface area contributed by atoms with Crippen LogP contribution in [0.5, 0.6) is 46.0 Å². The fraction of sp³-hybridized carbons (Fsp3) is 0.400. The molecule has 8 aromatic rings. The zero-order valence-electron chi connectivity index (χ0n) is 66.9. The number of hydrogen-bond acceptors (Lipinski definition) is 19. The maximum Gasteiger partial charge on any atom is -2.00 e. The number of rotatable bonds is 16. The summed E-state index contributed by atoms with van der Waals surface area (Å²) < 4.78 is 71.1. The molecule has 0 N–H and O–H groups in total. The van der Waals surface area contributed by atoms with E-state index in [1.54, 1.807) is 0 Å². The Bertz CT molecular complexity index is 3400. The van der Waals surface area contributed by atoms with Crippen molar-refractivity contribution >= 4 is 173 Å². The van der Waals surface area contributed by atoms with Crippen LogP contribution in [0.25, 0.3) is 0 Å². The first-order valence-corrected chi connectivity index (χ1v) is 50.7. The van der Waals surface area contributed by atoms with Crippen LogP contribution in [0.15, 0.2) is 194 Å². The van der Waals surface area contributed by atoms with Gasteiger partial charge in [0.15, 0.2) is 22.8 Å². The maximum atomic E-state index is 8.26. The molecular weight excluding hydrogens is 1930 g/mol. The van der Waals surface area contributed by atoms with Crippen molar-refractivity contribution in [2.45, 2.75) is 209 Å². The van der Waals surface area contributed by atoms with Crippen LogP contribution in [0.4, 0.5) is 0 Å². The summed E-state index contributed by atoms with van der Waals surface area (Å²) in [5.74, 6) is 5.20. The average Bonchev–Trinajstić information content (AvgIpc) is 0.842. The topological polar surface area (TPSA) is 125 Å². The second-order valence-electron chi connectivity index (χ2n) is 32.7. The van der Waals surface area contributed by atoms with E-state index < -0.39 is 22.8 Å². The van der Waals surface area contributed by atoms with Gasteiger partial charge < -0.3 is 139 Å². The normalized spacial score (nSPS) is 11.8. The molecule has 0 saturated heterocycles. The van der Waals surface area contributed by atoms with Crippen molar-refractivity contribution in [1.29, 1.82) is 0 Å². The van der Waals surface area contributed by atoms with Crippen LogP contribution in [-0.2, 0) is 263 Å². The summed E-state index contributed by atoms with van der Waals surface area (Å²) in [7, 11) is 0. The number of hydrogen-bond donors (Lipinski definition) is 0. The molecule has 0 aliphatic carbocycles. The van der Waals surface area contributed by atoms with Crippen molar-refractivity contribution in [3.63, 3.8) is 0 Å². The van der Waals surface area contributed by atoms with Crippen molar-refractivity contribution in [2.75, 3.05) is 0 Å². The zero-order chi connectivity index (χ0) is 81.5. The standard InChI is InChI=1S/4C20H27O2PS2.3Mo.3O.4S/c4*1-19(2,3)15-7-11-17(12-8-15)21-23(24,25)22-18-13-9-16(10-14-18)20(4,5)6;;;;;;;;;;/h4*7-14H,1-6H3,(H,24,25);;;;;;;;;;/q;;;;3*+4;;;;4*-2/p-4. The van der Waals surface area contributed by atoms with Gasteiger partial charge in [0.25, 0.3) is 0 Å². The van der Waals surface area contributed by atoms with Gasteiger partial charge in [0.2, 0.25) is 0 Å². The van der Waals surface area contributed by atoms with E-state index in [-0.39, 0.29) is 97.3 Å². The molecule has 0 amide bonds. The van der Waals surface area contributed by atoms with E-state index in [0.717, 1.165) is 0 Å². The molecule has 110 heavy (non-hydrogen) atoms. The van der Waals surface area contributed by atoms with Crippen molar-refractivity contribution in [3.8, 4) is 46.0 Å². The van der Waals surface area contributed by atoms with E-state index >= 15 is 0 Å². The molecule has 0 saturated carbocycles. The van der Waals surface area contributed by atoms with Gasteiger partial charge in [0.1, 0.15) is 46.0 Å². The van der Waals surface area contributed by atoms with Gasteiger partial charge in [0.05, 0.1) is 0 Å². The summed E-state index contributed by atoms with van der Waals surface area (Å²) in [6, 6.07) is 63.1. The second-order valence-corrected chi connectivity index (χ2v) is 52.1. The van der Waals surface area contributed by atoms with Gasteiger partial charge >= 0.3 is 69.5 Å². The van der Waals surface area contributed by atoms with Gasteiger partial charge in [-0.05, 0) is 232 Å². The zero-order valence-corrected chi connectivity index (χ0v) is 86.3. The van der Waals surface area contributed by atoms with Crippen molar-refractivity contribution < 1.29 is 106 Å². The fourth-order valence-corrected chi connectivity index (χ4v) is 16.6. The molecule has 11 nitrogen and oxygen atoms in total. The van der Waals surface area contributed by atoms with E-state index in [2.05, 4.69) is 166 Å². The summed E-state index contributed by atoms with van der Waals surface area (Å²) in [6.45, 7) is 52.1. The van der Waals surface area contributed by atoms with Gasteiger partial charge in [0, 0.05) is 0 Å². The van der Waals surface area contributed by atoms with Crippen molar-refractivity contribution in [3.05, 3.63) is 239 Å². The molecule has 30 heteroatoms. The Morgan fingerprint density at radius 1 is 0.191 bits per heavy atom. The molecule has 0 bridgehead atoms. The third kappa shape index (κ3) is 43.1. The van der Waals surface area contributed by atoms with E-state index in [9.17, 15) is 0 Å². The molecular formula is C80H104Mo3O11P4S12. The van der Waals surface area contributed by atoms with Crippen LogP contribution in [0.3, 0.4) is 0 Å². The molecule has 0 aliphatic heterocycles. The molecule has 0 unspecified atom stereocenters. The Hall–Kier alpha value is -0.975. The van der Waals surface area contributed by atoms with Crippen molar-refractivity contribution in [1.82, 2.24) is 0 Å². The van der Waals surface area contributed by atoms with Gasteiger partial charge in [-0.3, -0.25) is 0 Å². The van der Waals surface area contributed by atoms with Gasteiger partial charge in [-0.25, -0.2) is 0 Å². The molecule has 8 aromatic carbocycles. The predicted octanol–water partition coefficient (Wildman–Crippen LogP) is 25.7. The Labute approximate surface area is 764 Å². The van der Waals surface area contributed by atoms with Gasteiger partial charge in [-0.2, -0.15) is 0 Å². The summed E-state index contributed by atoms with van der Waals surface area (Å²) in [5.41, 5.74) is -0.702. The summed E-state index contributed by atoms with van der Waals surface area (Å²) in [5, 5.41) is 0. The monoisotopic (exact) mass is 2040 g/mol. The minimum Gasteiger partial charge on any atom is -2.00 e. The second kappa shape index (κ2) is 48.9. The third-order valence-corrected chi connectivity index (χ3v) is 22.6. The molecule has 0 fully saturated rings. The summed E-state index contributed by atoms with van der Waals surface area (Å²) in [4.78, 5) is 0. The SMILES string of the molecule is CC(C)(C)c1ccc(OP(=S)([S-])Oc2ccc(C(C)(C)C)cc2)cc1.CC(C)(C)c1ccc(OP(=S)([S-])Oc2ccc(C(C)(C)C)cc2)cc1.CC(C)(C)c1ccc(OP(=S)([S-])Oc2ccc(C(C)(C)C)cc2)cc1.CC(C)(C)c1ccc(OP(=S)([S-])Oc2ccc(C(C)(C)C)cc2)cc1.[O]=[Mo+4].[O]=[Mo+4].[O]=[Mo+4].[S-2].[S-2].[S-2].[S-2]. The third-order valence-electron chi connectivity index (χ3n) is 15.5. The molecule has 0 heterocycles. The molecule has 0 atom stereocenters. The fourth-order valence-electron chi connectivity index (χ4n) is 9.23. The predicted molar refractivity (Wildman–Crippen MR) is 484 cm³/mol. The molecule has 8 rings (SSSR count). The van der Waals surface area contributed by atoms with Crippen LogP contribution in [0.2, 0.25) is 0 Å². The van der Waals surface area contributed by atoms with E-state index in [1.165, 1.54) is 44.5 Å². The van der Waals surface area contributed by atoms with Crippen LogP contribution < -0.4 is 36.2 Å². The quantitative estimate of drug-likeness (QED) is 0.0517. The van der Waals surface area contributed by atoms with Crippen LogP contribution in [-0.4, -0.2) is 0 Å². The van der Waals surface area contributed by atoms with E-state index in [4.69, 9.17) is 143 Å². The van der Waals surface area contributed by atoms with E-state index in [1.807, 2.05) is 194 Å². The summed E-state index contributed by atoms with van der Waals surface area (Å²) in [6.07, 6.45) is 0. The smallest absolute Gasteiger partial charge is 2.00 e. The molecule has 0 aromatic heterocycles. The minimum atomic E-state index is -2.83. The number of benzene rings is 8. The largest absolute Gasteiger partial charge is 2.00 e. The Morgan fingerprint density at radius 3 is 0.309 bits per heavy atom. The van der Waals surface area contributed by atoms with Crippen LogP contribution >= 0.6 is 22.8 Å². The average molecular weight is 2040 g/mol. The van der Waals surface area contributed by atoms with Crippen molar-refractivity contribution in [2.24, 2.45) is 0 Å². The molecule has 0 radical (unpaired) electrons. The Balaban J connectivity index is -0.00000134. The van der Waals surface area contributed by atoms with Gasteiger partial charge in [-0.1, -0.05) is 263 Å². The maximum absolute atomic E-state index is 8.26. The van der Waals surface area contributed by atoms with Crippen LogP contribution in [0.1, 0.15) is 211 Å². The molecule has 600 valence electrons.